The lowest BCUT2D eigenvalue weighted by atomic mass is 9.72. The summed E-state index contributed by atoms with van der Waals surface area (Å²) in [5, 5.41) is 0.529. The van der Waals surface area contributed by atoms with Gasteiger partial charge in [-0.15, -0.1) is 0 Å². The highest BCUT2D eigenvalue weighted by atomic mass is 35.5. The number of carbonyl (C=O) groups is 3. The molecule has 1 aliphatic rings. The van der Waals surface area contributed by atoms with Crippen LogP contribution in [0.25, 0.3) is 0 Å². The average Bonchev–Trinajstić information content (AvgIpc) is 2.97. The highest BCUT2D eigenvalue weighted by molar-refractivity contribution is 6.30. The van der Waals surface area contributed by atoms with Gasteiger partial charge in [-0.3, -0.25) is 14.5 Å². The Morgan fingerprint density at radius 1 is 1.00 bits per heavy atom. The summed E-state index contributed by atoms with van der Waals surface area (Å²) in [6.07, 6.45) is 1.25. The topological polar surface area (TPSA) is 54.5 Å². The zero-order chi connectivity index (χ0) is 21.4. The second-order valence-corrected chi connectivity index (χ2v) is 9.48. The van der Waals surface area contributed by atoms with Gasteiger partial charge in [0.2, 0.25) is 11.8 Å². The number of rotatable bonds is 5. The number of carbonyl (C=O) groups excluding carboxylic acids is 3. The first kappa shape index (κ1) is 21.3. The van der Waals surface area contributed by atoms with Gasteiger partial charge in [-0.2, -0.15) is 0 Å². The molecule has 2 atom stereocenters. The SMILES string of the molecule is CC(C)(C)c1ccc(CC(C)(C=O)C2CC(=O)N(c3ccc(Cl)cc3)C2=O)cc1. The standard InChI is InChI=1S/C24H26ClNO3/c1-23(2,3)17-7-5-16(6-8-17)14-24(4,15-27)20-13-21(28)26(22(20)29)19-11-9-18(25)10-12-19/h5-12,15,20H,13-14H2,1-4H3. The molecule has 0 bridgehead atoms. The maximum Gasteiger partial charge on any atom is 0.238 e. The molecule has 0 aromatic heterocycles. The van der Waals surface area contributed by atoms with E-state index in [0.717, 1.165) is 11.8 Å². The van der Waals surface area contributed by atoms with Crippen LogP contribution in [0.5, 0.6) is 0 Å². The van der Waals surface area contributed by atoms with Crippen molar-refractivity contribution in [1.29, 1.82) is 0 Å². The van der Waals surface area contributed by atoms with Crippen molar-refractivity contribution in [1.82, 2.24) is 0 Å². The van der Waals surface area contributed by atoms with Crippen LogP contribution in [0.4, 0.5) is 5.69 Å². The van der Waals surface area contributed by atoms with Crippen LogP contribution in [0.15, 0.2) is 48.5 Å². The number of hydrogen-bond acceptors (Lipinski definition) is 3. The summed E-state index contributed by atoms with van der Waals surface area (Å²) in [6.45, 7) is 8.20. The molecule has 0 radical (unpaired) electrons. The molecule has 0 aliphatic carbocycles. The fourth-order valence-corrected chi connectivity index (χ4v) is 3.94. The van der Waals surface area contributed by atoms with E-state index in [1.807, 2.05) is 12.1 Å². The van der Waals surface area contributed by atoms with Crippen molar-refractivity contribution in [3.05, 3.63) is 64.7 Å². The zero-order valence-corrected chi connectivity index (χ0v) is 18.0. The molecule has 2 aromatic carbocycles. The molecule has 2 amide bonds. The molecular weight excluding hydrogens is 386 g/mol. The van der Waals surface area contributed by atoms with Gasteiger partial charge in [0.1, 0.15) is 6.29 Å². The Hall–Kier alpha value is -2.46. The van der Waals surface area contributed by atoms with Crippen molar-refractivity contribution in [2.24, 2.45) is 11.3 Å². The fraction of sp³-hybridized carbons (Fsp3) is 0.375. The van der Waals surface area contributed by atoms with E-state index < -0.39 is 11.3 Å². The lowest BCUT2D eigenvalue weighted by molar-refractivity contribution is -0.129. The van der Waals surface area contributed by atoms with E-state index in [1.165, 1.54) is 10.5 Å². The van der Waals surface area contributed by atoms with Crippen LogP contribution < -0.4 is 4.90 Å². The van der Waals surface area contributed by atoms with Crippen LogP contribution in [-0.2, 0) is 26.2 Å². The van der Waals surface area contributed by atoms with Gasteiger partial charge >= 0.3 is 0 Å². The van der Waals surface area contributed by atoms with Crippen LogP contribution in [0.1, 0.15) is 45.2 Å². The van der Waals surface area contributed by atoms with Crippen LogP contribution in [-0.4, -0.2) is 18.1 Å². The van der Waals surface area contributed by atoms with Gasteiger partial charge in [-0.05, 0) is 47.2 Å². The molecule has 0 spiro atoms. The second-order valence-electron chi connectivity index (χ2n) is 9.05. The molecule has 1 fully saturated rings. The molecule has 5 heteroatoms. The van der Waals surface area contributed by atoms with Crippen molar-refractivity contribution in [2.45, 2.75) is 46.0 Å². The molecule has 1 saturated heterocycles. The van der Waals surface area contributed by atoms with Gasteiger partial charge in [0.15, 0.2) is 0 Å². The molecule has 0 N–H and O–H groups in total. The smallest absolute Gasteiger partial charge is 0.238 e. The summed E-state index contributed by atoms with van der Waals surface area (Å²) in [7, 11) is 0. The van der Waals surface area contributed by atoms with Gasteiger partial charge in [-0.25, -0.2) is 0 Å². The average molecular weight is 412 g/mol. The number of aldehydes is 1. The second kappa shape index (κ2) is 7.75. The first-order chi connectivity index (χ1) is 13.5. The third-order valence-electron chi connectivity index (χ3n) is 5.70. The summed E-state index contributed by atoms with van der Waals surface area (Å²) in [5.74, 6) is -1.32. The molecule has 1 heterocycles. The van der Waals surface area contributed by atoms with Crippen molar-refractivity contribution in [2.75, 3.05) is 4.90 Å². The molecular formula is C24H26ClNO3. The summed E-state index contributed by atoms with van der Waals surface area (Å²) in [6, 6.07) is 14.7. The van der Waals surface area contributed by atoms with E-state index in [4.69, 9.17) is 11.6 Å². The normalized spacial score (nSPS) is 19.3. The van der Waals surface area contributed by atoms with Gasteiger partial charge in [0, 0.05) is 16.9 Å². The van der Waals surface area contributed by atoms with Gasteiger partial charge in [0.25, 0.3) is 0 Å². The predicted molar refractivity (Wildman–Crippen MR) is 115 cm³/mol. The summed E-state index contributed by atoms with van der Waals surface area (Å²) in [4.78, 5) is 39.0. The minimum atomic E-state index is -0.961. The Balaban J connectivity index is 1.85. The predicted octanol–water partition coefficient (Wildman–Crippen LogP) is 4.96. The van der Waals surface area contributed by atoms with Crippen molar-refractivity contribution in [3.8, 4) is 0 Å². The summed E-state index contributed by atoms with van der Waals surface area (Å²) in [5.41, 5.74) is 1.74. The quantitative estimate of drug-likeness (QED) is 0.515. The van der Waals surface area contributed by atoms with Gasteiger partial charge in [-0.1, -0.05) is 63.6 Å². The number of imide groups is 1. The number of anilines is 1. The Morgan fingerprint density at radius 2 is 1.59 bits per heavy atom. The Kier molecular flexibility index (Phi) is 5.68. The van der Waals surface area contributed by atoms with Crippen LogP contribution >= 0.6 is 11.6 Å². The monoisotopic (exact) mass is 411 g/mol. The first-order valence-corrected chi connectivity index (χ1v) is 10.1. The lowest BCUT2D eigenvalue weighted by Gasteiger charge is -2.29. The van der Waals surface area contributed by atoms with Crippen LogP contribution in [0.3, 0.4) is 0 Å². The Morgan fingerprint density at radius 3 is 2.10 bits per heavy atom. The molecule has 29 heavy (non-hydrogen) atoms. The summed E-state index contributed by atoms with van der Waals surface area (Å²) >= 11 is 5.91. The highest BCUT2D eigenvalue weighted by Crippen LogP contribution is 2.39. The lowest BCUT2D eigenvalue weighted by Crippen LogP contribution is -2.38. The van der Waals surface area contributed by atoms with Crippen molar-refractivity contribution < 1.29 is 14.4 Å². The minimum absolute atomic E-state index is 0.0246. The van der Waals surface area contributed by atoms with E-state index in [9.17, 15) is 14.4 Å². The van der Waals surface area contributed by atoms with Crippen molar-refractivity contribution in [3.63, 3.8) is 0 Å². The zero-order valence-electron chi connectivity index (χ0n) is 17.2. The van der Waals surface area contributed by atoms with E-state index in [-0.39, 0.29) is 23.7 Å². The first-order valence-electron chi connectivity index (χ1n) is 9.73. The highest BCUT2D eigenvalue weighted by Gasteiger charge is 2.49. The molecule has 2 unspecified atom stereocenters. The Bertz CT molecular complexity index is 928. The molecule has 3 rings (SSSR count). The van der Waals surface area contributed by atoms with Crippen LogP contribution in [0, 0.1) is 11.3 Å². The molecule has 1 aliphatic heterocycles. The summed E-state index contributed by atoms with van der Waals surface area (Å²) < 4.78 is 0. The fourth-order valence-electron chi connectivity index (χ4n) is 3.82. The van der Waals surface area contributed by atoms with Crippen LogP contribution in [0.2, 0.25) is 5.02 Å². The number of benzene rings is 2. The number of nitrogens with zero attached hydrogens (tertiary/aromatic N) is 1. The van der Waals surface area contributed by atoms with E-state index >= 15 is 0 Å². The Labute approximate surface area is 176 Å². The number of amides is 2. The molecule has 152 valence electrons. The largest absolute Gasteiger partial charge is 0.303 e. The third-order valence-corrected chi connectivity index (χ3v) is 5.95. The number of hydrogen-bond donors (Lipinski definition) is 0. The van der Waals surface area contributed by atoms with E-state index in [1.54, 1.807) is 31.2 Å². The van der Waals surface area contributed by atoms with E-state index in [0.29, 0.717) is 17.1 Å². The van der Waals surface area contributed by atoms with Gasteiger partial charge in [0.05, 0.1) is 11.6 Å². The minimum Gasteiger partial charge on any atom is -0.303 e. The number of halogens is 1. The maximum absolute atomic E-state index is 13.1. The molecule has 0 saturated carbocycles. The van der Waals surface area contributed by atoms with Crippen molar-refractivity contribution >= 4 is 35.4 Å². The van der Waals surface area contributed by atoms with Gasteiger partial charge < -0.3 is 4.79 Å². The van der Waals surface area contributed by atoms with E-state index in [2.05, 4.69) is 32.9 Å². The molecule has 2 aromatic rings. The molecule has 4 nitrogen and oxygen atoms in total. The third kappa shape index (κ3) is 4.27. The maximum atomic E-state index is 13.1.